The summed E-state index contributed by atoms with van der Waals surface area (Å²) in [5.41, 5.74) is 0.749. The molecule has 2 heterocycles. The average molecular weight is 342 g/mol. The number of halogens is 1. The summed E-state index contributed by atoms with van der Waals surface area (Å²) < 4.78 is 14.3. The number of aromatic nitrogens is 1. The first-order chi connectivity index (χ1) is 11.7. The van der Waals surface area contributed by atoms with Crippen LogP contribution < -0.4 is 0 Å². The summed E-state index contributed by atoms with van der Waals surface area (Å²) in [5.74, 6) is 0.113. The zero-order valence-corrected chi connectivity index (χ0v) is 14.2. The van der Waals surface area contributed by atoms with Gasteiger partial charge in [-0.25, -0.2) is 9.37 Å². The number of benzene rings is 1. The van der Waals surface area contributed by atoms with Crippen LogP contribution >= 0.6 is 11.3 Å². The maximum atomic E-state index is 13.3. The van der Waals surface area contributed by atoms with Crippen LogP contribution in [-0.2, 0) is 0 Å². The predicted octanol–water partition coefficient (Wildman–Crippen LogP) is 4.06. The molecule has 1 aromatic heterocycles. The van der Waals surface area contributed by atoms with E-state index in [0.29, 0.717) is 18.8 Å². The minimum absolute atomic E-state index is 0.0633. The molecule has 0 aliphatic carbocycles. The molecule has 24 heavy (non-hydrogen) atoms. The molecule has 0 radical (unpaired) electrons. The Bertz CT molecular complexity index is 780. The summed E-state index contributed by atoms with van der Waals surface area (Å²) >= 11 is 1.66. The quantitative estimate of drug-likeness (QED) is 0.822. The highest BCUT2D eigenvalue weighted by Crippen LogP contribution is 2.34. The Balaban J connectivity index is 1.58. The highest BCUT2D eigenvalue weighted by molar-refractivity contribution is 7.18. The molecule has 0 bridgehead atoms. The lowest BCUT2D eigenvalue weighted by molar-refractivity contribution is 0.193. The van der Waals surface area contributed by atoms with Crippen molar-refractivity contribution in [2.45, 2.75) is 31.6 Å². The zero-order chi connectivity index (χ0) is 16.9. The predicted molar refractivity (Wildman–Crippen MR) is 91.9 cm³/mol. The maximum absolute atomic E-state index is 13.3. The van der Waals surface area contributed by atoms with Crippen LogP contribution in [0.15, 0.2) is 18.2 Å². The van der Waals surface area contributed by atoms with E-state index in [1.54, 1.807) is 17.4 Å². The van der Waals surface area contributed by atoms with Crippen molar-refractivity contribution >= 4 is 21.6 Å². The Labute approximate surface area is 145 Å². The van der Waals surface area contributed by atoms with Crippen LogP contribution in [0.4, 0.5) is 4.39 Å². The van der Waals surface area contributed by atoms with Gasteiger partial charge in [-0.15, -0.1) is 11.3 Å². The molecule has 0 spiro atoms. The second-order valence-corrected chi connectivity index (χ2v) is 7.32. The SMILES string of the molecule is N#CCC[C@H](C#N)CN1CCC(c2nc3cc(F)ccc3s2)CC1. The molecule has 1 aliphatic rings. The number of rotatable bonds is 5. The van der Waals surface area contributed by atoms with E-state index in [1.807, 2.05) is 0 Å². The number of nitrogens with zero attached hydrogens (tertiary/aromatic N) is 4. The molecular formula is C18H19FN4S. The lowest BCUT2D eigenvalue weighted by atomic mass is 9.96. The summed E-state index contributed by atoms with van der Waals surface area (Å²) in [7, 11) is 0. The molecule has 0 unspecified atom stereocenters. The van der Waals surface area contributed by atoms with Gasteiger partial charge in [-0.2, -0.15) is 10.5 Å². The molecule has 1 aliphatic heterocycles. The largest absolute Gasteiger partial charge is 0.302 e. The van der Waals surface area contributed by atoms with Gasteiger partial charge >= 0.3 is 0 Å². The van der Waals surface area contributed by atoms with Gasteiger partial charge < -0.3 is 4.90 Å². The third-order valence-corrected chi connectivity index (χ3v) is 5.77. The first-order valence-electron chi connectivity index (χ1n) is 8.24. The molecule has 2 aromatic rings. The number of likely N-dealkylation sites (tertiary alicyclic amines) is 1. The second kappa shape index (κ2) is 7.70. The van der Waals surface area contributed by atoms with Crippen LogP contribution in [0.5, 0.6) is 0 Å². The van der Waals surface area contributed by atoms with Crippen LogP contribution in [0, 0.1) is 34.4 Å². The summed E-state index contributed by atoms with van der Waals surface area (Å²) in [4.78, 5) is 6.93. The number of piperidine rings is 1. The molecule has 0 amide bonds. The van der Waals surface area contributed by atoms with Crippen molar-refractivity contribution in [3.8, 4) is 12.1 Å². The molecule has 0 saturated carbocycles. The number of thiazole rings is 1. The number of nitriles is 2. The highest BCUT2D eigenvalue weighted by Gasteiger charge is 2.24. The maximum Gasteiger partial charge on any atom is 0.125 e. The van der Waals surface area contributed by atoms with E-state index in [9.17, 15) is 9.65 Å². The number of fused-ring (bicyclic) bond motifs is 1. The fourth-order valence-corrected chi connectivity index (χ4v) is 4.32. The van der Waals surface area contributed by atoms with Gasteiger partial charge in [0.1, 0.15) is 5.82 Å². The van der Waals surface area contributed by atoms with E-state index in [4.69, 9.17) is 5.26 Å². The Kier molecular flexibility index (Phi) is 5.40. The lowest BCUT2D eigenvalue weighted by Crippen LogP contribution is -2.36. The van der Waals surface area contributed by atoms with E-state index in [-0.39, 0.29) is 11.7 Å². The van der Waals surface area contributed by atoms with Crippen molar-refractivity contribution in [3.05, 3.63) is 29.0 Å². The van der Waals surface area contributed by atoms with E-state index in [0.717, 1.165) is 47.7 Å². The average Bonchev–Trinajstić information content (AvgIpc) is 3.02. The molecule has 1 saturated heterocycles. The van der Waals surface area contributed by atoms with Gasteiger partial charge in [0.2, 0.25) is 0 Å². The van der Waals surface area contributed by atoms with Gasteiger partial charge in [-0.3, -0.25) is 0 Å². The van der Waals surface area contributed by atoms with E-state index in [1.165, 1.54) is 12.1 Å². The van der Waals surface area contributed by atoms with Crippen LogP contribution in [-0.4, -0.2) is 29.5 Å². The van der Waals surface area contributed by atoms with Gasteiger partial charge in [-0.05, 0) is 44.5 Å². The third kappa shape index (κ3) is 3.90. The molecule has 3 rings (SSSR count). The molecule has 1 aromatic carbocycles. The van der Waals surface area contributed by atoms with Crippen LogP contribution in [0.3, 0.4) is 0 Å². The van der Waals surface area contributed by atoms with Crippen molar-refractivity contribution in [2.75, 3.05) is 19.6 Å². The minimum atomic E-state index is -0.242. The third-order valence-electron chi connectivity index (χ3n) is 4.57. The molecule has 0 N–H and O–H groups in total. The Morgan fingerprint density at radius 3 is 2.83 bits per heavy atom. The Morgan fingerprint density at radius 1 is 1.33 bits per heavy atom. The molecule has 4 nitrogen and oxygen atoms in total. The van der Waals surface area contributed by atoms with Gasteiger partial charge in [0.05, 0.1) is 33.3 Å². The fourth-order valence-electron chi connectivity index (χ4n) is 3.20. The van der Waals surface area contributed by atoms with Crippen molar-refractivity contribution in [2.24, 2.45) is 5.92 Å². The first kappa shape index (κ1) is 16.8. The summed E-state index contributed by atoms with van der Waals surface area (Å²) in [6.45, 7) is 2.63. The Hall–Kier alpha value is -2.02. The normalized spacial score (nSPS) is 17.5. The summed E-state index contributed by atoms with van der Waals surface area (Å²) in [5, 5.41) is 18.9. The van der Waals surface area contributed by atoms with Crippen LogP contribution in [0.1, 0.15) is 36.6 Å². The van der Waals surface area contributed by atoms with Crippen LogP contribution in [0.2, 0.25) is 0 Å². The summed E-state index contributed by atoms with van der Waals surface area (Å²) in [6.07, 6.45) is 3.12. The zero-order valence-electron chi connectivity index (χ0n) is 13.4. The van der Waals surface area contributed by atoms with Crippen LogP contribution in [0.25, 0.3) is 10.2 Å². The van der Waals surface area contributed by atoms with Crippen molar-refractivity contribution in [1.82, 2.24) is 9.88 Å². The van der Waals surface area contributed by atoms with Gasteiger partial charge in [0, 0.05) is 24.9 Å². The minimum Gasteiger partial charge on any atom is -0.302 e. The van der Waals surface area contributed by atoms with Gasteiger partial charge in [-0.1, -0.05) is 0 Å². The van der Waals surface area contributed by atoms with E-state index >= 15 is 0 Å². The molecule has 6 heteroatoms. The number of hydrogen-bond donors (Lipinski definition) is 0. The molecule has 124 valence electrons. The molecule has 1 atom stereocenters. The topological polar surface area (TPSA) is 63.7 Å². The lowest BCUT2D eigenvalue weighted by Gasteiger charge is -2.32. The number of hydrogen-bond acceptors (Lipinski definition) is 5. The smallest absolute Gasteiger partial charge is 0.125 e. The van der Waals surface area contributed by atoms with Crippen molar-refractivity contribution in [3.63, 3.8) is 0 Å². The van der Waals surface area contributed by atoms with E-state index < -0.39 is 0 Å². The standard InChI is InChI=1S/C18H19FN4S/c19-15-3-4-17-16(10-15)22-18(24-17)14-5-8-23(9-6-14)12-13(11-21)2-1-7-20/h3-4,10,13-14H,1-2,5-6,8-9,12H2/t13-/m1/s1. The fraction of sp³-hybridized carbons (Fsp3) is 0.500. The van der Waals surface area contributed by atoms with Gasteiger partial charge in [0.25, 0.3) is 0 Å². The summed E-state index contributed by atoms with van der Waals surface area (Å²) in [6, 6.07) is 9.20. The second-order valence-electron chi connectivity index (χ2n) is 6.26. The highest BCUT2D eigenvalue weighted by atomic mass is 32.1. The van der Waals surface area contributed by atoms with Crippen molar-refractivity contribution < 1.29 is 4.39 Å². The first-order valence-corrected chi connectivity index (χ1v) is 9.06. The Morgan fingerprint density at radius 2 is 2.12 bits per heavy atom. The van der Waals surface area contributed by atoms with E-state index in [2.05, 4.69) is 22.0 Å². The monoisotopic (exact) mass is 342 g/mol. The molecule has 1 fully saturated rings. The molecular weight excluding hydrogens is 323 g/mol. The van der Waals surface area contributed by atoms with Crippen molar-refractivity contribution in [1.29, 1.82) is 10.5 Å². The van der Waals surface area contributed by atoms with Gasteiger partial charge in [0.15, 0.2) is 0 Å².